The van der Waals surface area contributed by atoms with Crippen LogP contribution in [0.5, 0.6) is 0 Å². The van der Waals surface area contributed by atoms with Crippen LogP contribution in [-0.4, -0.2) is 13.1 Å². The molecule has 0 N–H and O–H groups in total. The molecule has 0 saturated heterocycles. The van der Waals surface area contributed by atoms with Crippen molar-refractivity contribution in [1.29, 1.82) is 0 Å². The lowest BCUT2D eigenvalue weighted by Gasteiger charge is -2.57. The van der Waals surface area contributed by atoms with E-state index in [1.807, 2.05) is 6.08 Å². The van der Waals surface area contributed by atoms with Crippen molar-refractivity contribution in [1.82, 2.24) is 0 Å². The standard InChI is InChI=1S/C21H32O2/c1-7-15(2)9-11-17-16(3)10-12-18-20(17,4)13-8-14-21(18,5)19(22)23-6/h7,9,17-18H,1,3,8,10-14H2,2,4-6H3/b15-9+/t17-,18+,20+,21-/m0/s1. The second kappa shape index (κ2) is 6.67. The smallest absolute Gasteiger partial charge is 0.311 e. The van der Waals surface area contributed by atoms with E-state index in [0.717, 1.165) is 32.1 Å². The van der Waals surface area contributed by atoms with Crippen LogP contribution in [-0.2, 0) is 9.53 Å². The first-order chi connectivity index (χ1) is 10.8. The third-order valence-electron chi connectivity index (χ3n) is 6.67. The second-order valence-electron chi connectivity index (χ2n) is 7.96. The maximum absolute atomic E-state index is 12.5. The topological polar surface area (TPSA) is 26.3 Å². The predicted octanol–water partition coefficient (Wildman–Crippen LogP) is 5.46. The van der Waals surface area contributed by atoms with E-state index in [-0.39, 0.29) is 16.8 Å². The Labute approximate surface area is 141 Å². The summed E-state index contributed by atoms with van der Waals surface area (Å²) in [6.45, 7) is 14.8. The van der Waals surface area contributed by atoms with Crippen molar-refractivity contribution in [3.8, 4) is 0 Å². The van der Waals surface area contributed by atoms with E-state index < -0.39 is 0 Å². The SMILES string of the molecule is C=C/C(C)=C/C[C@H]1C(=C)CC[C@@H]2[C@]1(C)CCC[C@]2(C)C(=O)OC. The van der Waals surface area contributed by atoms with Gasteiger partial charge in [0.1, 0.15) is 0 Å². The van der Waals surface area contributed by atoms with Gasteiger partial charge in [-0.1, -0.05) is 49.8 Å². The van der Waals surface area contributed by atoms with E-state index in [0.29, 0.717) is 11.8 Å². The van der Waals surface area contributed by atoms with Crippen LogP contribution < -0.4 is 0 Å². The maximum atomic E-state index is 12.5. The Kier molecular flexibility index (Phi) is 5.23. The van der Waals surface area contributed by atoms with E-state index in [9.17, 15) is 4.79 Å². The number of rotatable bonds is 4. The number of ether oxygens (including phenoxy) is 1. The molecule has 4 atom stereocenters. The van der Waals surface area contributed by atoms with E-state index in [4.69, 9.17) is 4.74 Å². The summed E-state index contributed by atoms with van der Waals surface area (Å²) in [5, 5.41) is 0. The van der Waals surface area contributed by atoms with Gasteiger partial charge in [-0.3, -0.25) is 4.79 Å². The number of hydrogen-bond donors (Lipinski definition) is 0. The van der Waals surface area contributed by atoms with E-state index >= 15 is 0 Å². The number of esters is 1. The lowest BCUT2D eigenvalue weighted by Crippen LogP contribution is -2.53. The Morgan fingerprint density at radius 1 is 1.39 bits per heavy atom. The van der Waals surface area contributed by atoms with E-state index in [2.05, 4.69) is 40.0 Å². The van der Waals surface area contributed by atoms with Crippen molar-refractivity contribution < 1.29 is 9.53 Å². The zero-order chi connectivity index (χ0) is 17.3. The molecular weight excluding hydrogens is 284 g/mol. The highest BCUT2D eigenvalue weighted by molar-refractivity contribution is 5.77. The van der Waals surface area contributed by atoms with Crippen molar-refractivity contribution in [2.75, 3.05) is 7.11 Å². The molecule has 0 aliphatic heterocycles. The molecule has 0 heterocycles. The Morgan fingerprint density at radius 3 is 2.70 bits per heavy atom. The zero-order valence-electron chi connectivity index (χ0n) is 15.3. The quantitative estimate of drug-likeness (QED) is 0.391. The summed E-state index contributed by atoms with van der Waals surface area (Å²) < 4.78 is 5.18. The van der Waals surface area contributed by atoms with Crippen molar-refractivity contribution >= 4 is 5.97 Å². The Balaban J connectivity index is 2.36. The van der Waals surface area contributed by atoms with E-state index in [1.54, 1.807) is 0 Å². The Bertz CT molecular complexity index is 530. The van der Waals surface area contributed by atoms with Crippen molar-refractivity contribution in [2.45, 2.75) is 59.3 Å². The first kappa shape index (κ1) is 18.0. The van der Waals surface area contributed by atoms with Crippen molar-refractivity contribution in [3.63, 3.8) is 0 Å². The summed E-state index contributed by atoms with van der Waals surface area (Å²) in [5.41, 5.74) is 2.35. The second-order valence-corrected chi connectivity index (χ2v) is 7.96. The summed E-state index contributed by atoms with van der Waals surface area (Å²) in [6.07, 6.45) is 10.5. The van der Waals surface area contributed by atoms with Crippen LogP contribution >= 0.6 is 0 Å². The monoisotopic (exact) mass is 316 g/mol. The lowest BCUT2D eigenvalue weighted by molar-refractivity contribution is -0.167. The third-order valence-corrected chi connectivity index (χ3v) is 6.67. The van der Waals surface area contributed by atoms with Crippen LogP contribution in [0.1, 0.15) is 59.3 Å². The molecule has 128 valence electrons. The number of carbonyl (C=O) groups excluding carboxylic acids is 1. The molecular formula is C21H32O2. The number of hydrogen-bond acceptors (Lipinski definition) is 2. The predicted molar refractivity (Wildman–Crippen MR) is 96.0 cm³/mol. The van der Waals surface area contributed by atoms with Gasteiger partial charge in [-0.15, -0.1) is 0 Å². The Morgan fingerprint density at radius 2 is 2.09 bits per heavy atom. The fourth-order valence-corrected chi connectivity index (χ4v) is 5.25. The highest BCUT2D eigenvalue weighted by Crippen LogP contribution is 2.62. The number of fused-ring (bicyclic) bond motifs is 1. The molecule has 0 aromatic rings. The maximum Gasteiger partial charge on any atom is 0.311 e. The van der Waals surface area contributed by atoms with Gasteiger partial charge in [0.15, 0.2) is 0 Å². The summed E-state index contributed by atoms with van der Waals surface area (Å²) in [5.74, 6) is 0.794. The summed E-state index contributed by atoms with van der Waals surface area (Å²) >= 11 is 0. The summed E-state index contributed by atoms with van der Waals surface area (Å²) in [7, 11) is 1.52. The minimum atomic E-state index is -0.349. The first-order valence-electron chi connectivity index (χ1n) is 8.85. The van der Waals surface area contributed by atoms with Gasteiger partial charge in [0.05, 0.1) is 12.5 Å². The molecule has 2 heteroatoms. The van der Waals surface area contributed by atoms with Gasteiger partial charge >= 0.3 is 5.97 Å². The normalized spacial score (nSPS) is 37.9. The molecule has 2 rings (SSSR count). The van der Waals surface area contributed by atoms with Gasteiger partial charge in [-0.25, -0.2) is 0 Å². The van der Waals surface area contributed by atoms with Crippen molar-refractivity contribution in [2.24, 2.45) is 22.7 Å². The zero-order valence-corrected chi connectivity index (χ0v) is 15.3. The van der Waals surface area contributed by atoms with Crippen LogP contribution in [0.4, 0.5) is 0 Å². The fraction of sp³-hybridized carbons (Fsp3) is 0.667. The number of methoxy groups -OCH3 is 1. The highest BCUT2D eigenvalue weighted by Gasteiger charge is 2.57. The molecule has 2 saturated carbocycles. The van der Waals surface area contributed by atoms with Crippen molar-refractivity contribution in [3.05, 3.63) is 36.5 Å². The molecule has 23 heavy (non-hydrogen) atoms. The molecule has 0 amide bonds. The van der Waals surface area contributed by atoms with Gasteiger partial charge in [0.25, 0.3) is 0 Å². The average molecular weight is 316 g/mol. The molecule has 0 spiro atoms. The molecule has 2 aliphatic carbocycles. The summed E-state index contributed by atoms with van der Waals surface area (Å²) in [6, 6.07) is 0. The molecule has 0 aromatic carbocycles. The molecule has 0 unspecified atom stereocenters. The van der Waals surface area contributed by atoms with Crippen LogP contribution in [0.2, 0.25) is 0 Å². The molecule has 0 bridgehead atoms. The van der Waals surface area contributed by atoms with Crippen LogP contribution in [0, 0.1) is 22.7 Å². The molecule has 2 fully saturated rings. The van der Waals surface area contributed by atoms with Crippen LogP contribution in [0.15, 0.2) is 36.5 Å². The largest absolute Gasteiger partial charge is 0.469 e. The van der Waals surface area contributed by atoms with Gasteiger partial charge in [-0.2, -0.15) is 0 Å². The van der Waals surface area contributed by atoms with Gasteiger partial charge in [0, 0.05) is 0 Å². The van der Waals surface area contributed by atoms with Gasteiger partial charge in [0.2, 0.25) is 0 Å². The van der Waals surface area contributed by atoms with Gasteiger partial charge in [-0.05, 0) is 63.2 Å². The summed E-state index contributed by atoms with van der Waals surface area (Å²) in [4.78, 5) is 12.5. The van der Waals surface area contributed by atoms with E-state index in [1.165, 1.54) is 24.7 Å². The Hall–Kier alpha value is -1.31. The first-order valence-corrected chi connectivity index (χ1v) is 8.85. The molecule has 0 aromatic heterocycles. The minimum absolute atomic E-state index is 0.0301. The lowest BCUT2D eigenvalue weighted by atomic mass is 9.46. The molecule has 0 radical (unpaired) electrons. The van der Waals surface area contributed by atoms with Gasteiger partial charge < -0.3 is 4.74 Å². The average Bonchev–Trinajstić information content (AvgIpc) is 2.52. The molecule has 2 nitrogen and oxygen atoms in total. The van der Waals surface area contributed by atoms with Crippen LogP contribution in [0.25, 0.3) is 0 Å². The minimum Gasteiger partial charge on any atom is -0.469 e. The fourth-order valence-electron chi connectivity index (χ4n) is 5.25. The molecule has 2 aliphatic rings. The number of allylic oxidation sites excluding steroid dienone is 4. The highest BCUT2D eigenvalue weighted by atomic mass is 16.5. The van der Waals surface area contributed by atoms with Crippen LogP contribution in [0.3, 0.4) is 0 Å². The third kappa shape index (κ3) is 3.05. The number of carbonyl (C=O) groups is 1.